The molecular weight excluding hydrogens is 392 g/mol. The summed E-state index contributed by atoms with van der Waals surface area (Å²) in [5, 5.41) is 13.8. The molecule has 0 saturated carbocycles. The molecule has 0 aliphatic carbocycles. The van der Waals surface area contributed by atoms with Crippen LogP contribution in [0, 0.1) is 0 Å². The van der Waals surface area contributed by atoms with E-state index in [0.29, 0.717) is 34.0 Å². The number of aliphatic imine (C=N–C) groups is 1. The molecule has 2 aromatic carbocycles. The number of carbonyl (C=O) groups excluding carboxylic acids is 2. The Labute approximate surface area is 171 Å². The van der Waals surface area contributed by atoms with Gasteiger partial charge in [-0.15, -0.1) is 0 Å². The lowest BCUT2D eigenvalue weighted by Crippen LogP contribution is -2.49. The van der Waals surface area contributed by atoms with Crippen molar-refractivity contribution in [1.82, 2.24) is 10.6 Å². The second-order valence-electron chi connectivity index (χ2n) is 6.51. The number of benzodiazepines with no additional fused rings is 1. The largest absolute Gasteiger partial charge is 0.465 e. The van der Waals surface area contributed by atoms with E-state index in [0.717, 1.165) is 0 Å². The minimum atomic E-state index is -1.43. The van der Waals surface area contributed by atoms with Crippen LogP contribution in [0.25, 0.3) is 0 Å². The molecule has 10 heteroatoms. The lowest BCUT2D eigenvalue weighted by molar-refractivity contribution is -0.124. The third-order valence-corrected chi connectivity index (χ3v) is 4.69. The molecule has 4 rings (SSSR count). The Morgan fingerprint density at radius 1 is 1.20 bits per heavy atom. The van der Waals surface area contributed by atoms with Crippen LogP contribution >= 0.6 is 0 Å². The third-order valence-electron chi connectivity index (χ3n) is 4.69. The normalized spacial score (nSPS) is 17.0. The number of fused-ring (bicyclic) bond motifs is 2. The number of ether oxygens (including phenoxy) is 2. The van der Waals surface area contributed by atoms with Crippen molar-refractivity contribution in [2.24, 2.45) is 4.99 Å². The highest BCUT2D eigenvalue weighted by atomic mass is 16.7. The van der Waals surface area contributed by atoms with Crippen molar-refractivity contribution in [2.45, 2.75) is 6.17 Å². The van der Waals surface area contributed by atoms with Crippen LogP contribution in [0.3, 0.4) is 0 Å². The van der Waals surface area contributed by atoms with E-state index >= 15 is 0 Å². The molecule has 10 nitrogen and oxygen atoms in total. The number of nitrogens with zero attached hydrogens (tertiary/aromatic N) is 2. The fourth-order valence-corrected chi connectivity index (χ4v) is 3.30. The maximum atomic E-state index is 13.1. The van der Waals surface area contributed by atoms with Crippen LogP contribution in [0.4, 0.5) is 10.5 Å². The monoisotopic (exact) mass is 410 g/mol. The summed E-state index contributed by atoms with van der Waals surface area (Å²) in [5.41, 5.74) is 2.01. The summed E-state index contributed by atoms with van der Waals surface area (Å²) in [7, 11) is 1.46. The number of rotatable bonds is 4. The van der Waals surface area contributed by atoms with Crippen molar-refractivity contribution >= 4 is 29.3 Å². The van der Waals surface area contributed by atoms with E-state index in [2.05, 4.69) is 15.6 Å². The van der Waals surface area contributed by atoms with Gasteiger partial charge in [0.15, 0.2) is 11.5 Å². The van der Waals surface area contributed by atoms with Gasteiger partial charge in [0.1, 0.15) is 6.54 Å². The van der Waals surface area contributed by atoms with Gasteiger partial charge in [-0.3, -0.25) is 19.8 Å². The molecule has 0 radical (unpaired) electrons. The minimum Gasteiger partial charge on any atom is -0.465 e. The van der Waals surface area contributed by atoms with E-state index in [1.165, 1.54) is 11.9 Å². The summed E-state index contributed by atoms with van der Waals surface area (Å²) in [6.45, 7) is -0.183. The number of para-hydroxylation sites is 1. The zero-order chi connectivity index (χ0) is 21.3. The van der Waals surface area contributed by atoms with Gasteiger partial charge in [-0.05, 0) is 24.3 Å². The summed E-state index contributed by atoms with van der Waals surface area (Å²) in [6.07, 6.45) is -2.84. The number of carboxylic acid groups (broad SMARTS) is 1. The summed E-state index contributed by atoms with van der Waals surface area (Å²) in [4.78, 5) is 42.1. The molecule has 0 fully saturated rings. The molecule has 154 valence electrons. The average Bonchev–Trinajstić information content (AvgIpc) is 3.18. The van der Waals surface area contributed by atoms with Crippen molar-refractivity contribution < 1.29 is 29.0 Å². The van der Waals surface area contributed by atoms with E-state index in [4.69, 9.17) is 9.47 Å². The van der Waals surface area contributed by atoms with Crippen molar-refractivity contribution in [3.8, 4) is 11.5 Å². The first-order valence-corrected chi connectivity index (χ1v) is 9.06. The maximum Gasteiger partial charge on any atom is 0.406 e. The zero-order valence-electron chi connectivity index (χ0n) is 15.9. The first kappa shape index (κ1) is 19.2. The summed E-state index contributed by atoms with van der Waals surface area (Å²) in [6, 6.07) is 12.1. The number of anilines is 1. The Balaban J connectivity index is 1.87. The number of likely N-dealkylation sites (N-methyl/N-ethyl adjacent to an activating group) is 1. The van der Waals surface area contributed by atoms with Crippen LogP contribution < -0.4 is 25.0 Å². The molecule has 2 aliphatic heterocycles. The maximum absolute atomic E-state index is 13.1. The number of hydrogen-bond donors (Lipinski definition) is 3. The Hall–Kier alpha value is -4.08. The average molecular weight is 410 g/mol. The second kappa shape index (κ2) is 7.74. The van der Waals surface area contributed by atoms with Crippen molar-refractivity contribution in [3.05, 3.63) is 53.6 Å². The number of amides is 3. The SMILES string of the molecule is CNC(=O)CN1C(=O)C(NC(=O)O)N=C(c2ccc3c(c2)OCO3)c2ccccc21. The third kappa shape index (κ3) is 3.50. The molecular formula is C20H18N4O6. The molecule has 30 heavy (non-hydrogen) atoms. The molecule has 2 heterocycles. The molecule has 1 unspecified atom stereocenters. The van der Waals surface area contributed by atoms with Gasteiger partial charge < -0.3 is 19.9 Å². The summed E-state index contributed by atoms with van der Waals surface area (Å²) in [5.74, 6) is 0.0370. The first-order chi connectivity index (χ1) is 14.5. The Bertz CT molecular complexity index is 1070. The van der Waals surface area contributed by atoms with Crippen molar-refractivity contribution in [3.63, 3.8) is 0 Å². The minimum absolute atomic E-state index is 0.101. The smallest absolute Gasteiger partial charge is 0.406 e. The van der Waals surface area contributed by atoms with Crippen LogP contribution in [-0.2, 0) is 9.59 Å². The van der Waals surface area contributed by atoms with E-state index < -0.39 is 24.1 Å². The number of hydrogen-bond acceptors (Lipinski definition) is 6. The van der Waals surface area contributed by atoms with Gasteiger partial charge in [-0.1, -0.05) is 18.2 Å². The van der Waals surface area contributed by atoms with Gasteiger partial charge >= 0.3 is 6.09 Å². The highest BCUT2D eigenvalue weighted by Gasteiger charge is 2.34. The lowest BCUT2D eigenvalue weighted by Gasteiger charge is -2.24. The van der Waals surface area contributed by atoms with E-state index in [1.807, 2.05) is 0 Å². The van der Waals surface area contributed by atoms with Crippen LogP contribution in [0.15, 0.2) is 47.5 Å². The molecule has 0 saturated heterocycles. The number of benzene rings is 2. The predicted octanol–water partition coefficient (Wildman–Crippen LogP) is 0.939. The molecule has 2 aromatic rings. The van der Waals surface area contributed by atoms with Gasteiger partial charge in [-0.25, -0.2) is 9.79 Å². The van der Waals surface area contributed by atoms with Crippen LogP contribution in [-0.4, -0.2) is 55.3 Å². The number of carbonyl (C=O) groups is 3. The molecule has 0 bridgehead atoms. The Morgan fingerprint density at radius 2 is 1.97 bits per heavy atom. The Morgan fingerprint density at radius 3 is 2.73 bits per heavy atom. The standard InChI is InChI=1S/C20H18N4O6/c1-21-16(25)9-24-13-5-3-2-4-12(13)17(22-18(19(24)26)23-20(27)28)11-6-7-14-15(8-11)30-10-29-14/h2-8,18,23H,9-10H2,1H3,(H,21,25)(H,27,28). The van der Waals surface area contributed by atoms with E-state index in [-0.39, 0.29) is 13.3 Å². The Kier molecular flexibility index (Phi) is 4.97. The topological polar surface area (TPSA) is 130 Å². The molecule has 0 spiro atoms. The lowest BCUT2D eigenvalue weighted by atomic mass is 9.99. The van der Waals surface area contributed by atoms with Crippen LogP contribution in [0.5, 0.6) is 11.5 Å². The molecule has 2 aliphatic rings. The second-order valence-corrected chi connectivity index (χ2v) is 6.51. The molecule has 1 atom stereocenters. The number of nitrogens with one attached hydrogen (secondary N) is 2. The molecule has 0 aromatic heterocycles. The van der Waals surface area contributed by atoms with Crippen molar-refractivity contribution in [1.29, 1.82) is 0 Å². The van der Waals surface area contributed by atoms with E-state index in [9.17, 15) is 19.5 Å². The van der Waals surface area contributed by atoms with Gasteiger partial charge in [0, 0.05) is 18.2 Å². The fourth-order valence-electron chi connectivity index (χ4n) is 3.30. The highest BCUT2D eigenvalue weighted by molar-refractivity contribution is 6.21. The van der Waals surface area contributed by atoms with E-state index in [1.54, 1.807) is 42.5 Å². The zero-order valence-corrected chi connectivity index (χ0v) is 15.9. The summed E-state index contributed by atoms with van der Waals surface area (Å²) >= 11 is 0. The molecule has 3 N–H and O–H groups in total. The van der Waals surface area contributed by atoms with Crippen LogP contribution in [0.2, 0.25) is 0 Å². The van der Waals surface area contributed by atoms with Crippen molar-refractivity contribution in [2.75, 3.05) is 25.3 Å². The highest BCUT2D eigenvalue weighted by Crippen LogP contribution is 2.35. The van der Waals surface area contributed by atoms with Gasteiger partial charge in [0.2, 0.25) is 18.9 Å². The van der Waals surface area contributed by atoms with Crippen LogP contribution in [0.1, 0.15) is 11.1 Å². The van der Waals surface area contributed by atoms with Gasteiger partial charge in [0.25, 0.3) is 5.91 Å². The van der Waals surface area contributed by atoms with Gasteiger partial charge in [-0.2, -0.15) is 0 Å². The predicted molar refractivity (Wildman–Crippen MR) is 106 cm³/mol. The van der Waals surface area contributed by atoms with Gasteiger partial charge in [0.05, 0.1) is 11.4 Å². The summed E-state index contributed by atoms with van der Waals surface area (Å²) < 4.78 is 10.8. The molecule has 3 amide bonds. The fraction of sp³-hybridized carbons (Fsp3) is 0.200. The first-order valence-electron chi connectivity index (χ1n) is 9.06. The quantitative estimate of drug-likeness (QED) is 0.688.